The van der Waals surface area contributed by atoms with Gasteiger partial charge in [0.2, 0.25) is 0 Å². The predicted molar refractivity (Wildman–Crippen MR) is 66.6 cm³/mol. The van der Waals surface area contributed by atoms with Crippen LogP contribution in [-0.4, -0.2) is 35.7 Å². The number of nitrogens with two attached hydrogens (primary N) is 1. The monoisotopic (exact) mass is 240 g/mol. The summed E-state index contributed by atoms with van der Waals surface area (Å²) in [6.45, 7) is 9.55. The molecule has 1 heterocycles. The molecule has 1 amide bonds. The van der Waals surface area contributed by atoms with Crippen molar-refractivity contribution in [3.8, 4) is 0 Å². The summed E-state index contributed by atoms with van der Waals surface area (Å²) in [4.78, 5) is 13.8. The third-order valence-electron chi connectivity index (χ3n) is 3.95. The lowest BCUT2D eigenvalue weighted by molar-refractivity contribution is 0.0269. The first-order valence-corrected chi connectivity index (χ1v) is 6.43. The van der Waals surface area contributed by atoms with Crippen LogP contribution < -0.4 is 5.73 Å². The lowest BCUT2D eigenvalue weighted by atomic mass is 9.83. The average molecular weight is 240 g/mol. The van der Waals surface area contributed by atoms with E-state index in [1.54, 1.807) is 0 Å². The van der Waals surface area contributed by atoms with Crippen LogP contribution in [0.2, 0.25) is 0 Å². The minimum atomic E-state index is -0.411. The lowest BCUT2D eigenvalue weighted by Crippen LogP contribution is -2.37. The quantitative estimate of drug-likeness (QED) is 0.704. The van der Waals surface area contributed by atoms with Gasteiger partial charge in [-0.05, 0) is 44.9 Å². The highest BCUT2D eigenvalue weighted by molar-refractivity contribution is 5.68. The summed E-state index contributed by atoms with van der Waals surface area (Å²) >= 11 is 0. The average Bonchev–Trinajstić information content (AvgIpc) is 2.51. The van der Waals surface area contributed by atoms with Gasteiger partial charge in [0, 0.05) is 19.1 Å². The van der Waals surface area contributed by atoms with Gasteiger partial charge in [0.1, 0.15) is 5.60 Å². The van der Waals surface area contributed by atoms with Crippen LogP contribution in [-0.2, 0) is 4.74 Å². The zero-order valence-corrected chi connectivity index (χ0v) is 11.3. The first-order chi connectivity index (χ1) is 7.70. The van der Waals surface area contributed by atoms with E-state index in [-0.39, 0.29) is 11.5 Å². The van der Waals surface area contributed by atoms with Crippen molar-refractivity contribution in [1.29, 1.82) is 0 Å². The number of carbonyl (C=O) groups is 1. The maximum atomic E-state index is 12.0. The van der Waals surface area contributed by atoms with E-state index in [9.17, 15) is 4.79 Å². The highest BCUT2D eigenvalue weighted by Crippen LogP contribution is 2.47. The Labute approximate surface area is 103 Å². The molecule has 2 rings (SSSR count). The molecule has 1 saturated heterocycles. The van der Waals surface area contributed by atoms with Crippen molar-refractivity contribution >= 4 is 6.09 Å². The summed E-state index contributed by atoms with van der Waals surface area (Å²) in [6, 6.07) is 0.311. The molecule has 2 fully saturated rings. The van der Waals surface area contributed by atoms with Crippen molar-refractivity contribution in [2.24, 2.45) is 17.1 Å². The molecular weight excluding hydrogens is 216 g/mol. The van der Waals surface area contributed by atoms with Gasteiger partial charge in [-0.1, -0.05) is 6.92 Å². The minimum Gasteiger partial charge on any atom is -0.444 e. The molecule has 2 aliphatic rings. The molecule has 4 nitrogen and oxygen atoms in total. The van der Waals surface area contributed by atoms with Crippen LogP contribution in [0.1, 0.15) is 40.5 Å². The van der Waals surface area contributed by atoms with Crippen LogP contribution in [0.4, 0.5) is 4.79 Å². The Balaban J connectivity index is 1.98. The first-order valence-electron chi connectivity index (χ1n) is 6.43. The van der Waals surface area contributed by atoms with Gasteiger partial charge in [-0.2, -0.15) is 0 Å². The van der Waals surface area contributed by atoms with E-state index in [0.29, 0.717) is 12.0 Å². The minimum absolute atomic E-state index is 0.179. The molecule has 0 aromatic carbocycles. The third kappa shape index (κ3) is 2.57. The second kappa shape index (κ2) is 3.87. The van der Waals surface area contributed by atoms with Crippen molar-refractivity contribution in [3.05, 3.63) is 0 Å². The molecule has 0 aromatic heterocycles. The predicted octanol–water partition coefficient (Wildman–Crippen LogP) is 1.98. The molecule has 3 atom stereocenters. The van der Waals surface area contributed by atoms with Gasteiger partial charge in [-0.15, -0.1) is 0 Å². The fourth-order valence-corrected chi connectivity index (χ4v) is 3.22. The molecule has 1 aliphatic carbocycles. The van der Waals surface area contributed by atoms with E-state index in [1.165, 1.54) is 0 Å². The van der Waals surface area contributed by atoms with E-state index in [4.69, 9.17) is 10.5 Å². The van der Waals surface area contributed by atoms with Crippen LogP contribution in [0, 0.1) is 11.3 Å². The lowest BCUT2D eigenvalue weighted by Gasteiger charge is -2.26. The van der Waals surface area contributed by atoms with Crippen molar-refractivity contribution in [2.45, 2.75) is 52.2 Å². The Morgan fingerprint density at radius 1 is 1.47 bits per heavy atom. The molecule has 0 radical (unpaired) electrons. The number of amides is 1. The van der Waals surface area contributed by atoms with E-state index in [0.717, 1.165) is 25.9 Å². The van der Waals surface area contributed by atoms with Crippen LogP contribution in [0.3, 0.4) is 0 Å². The zero-order valence-electron chi connectivity index (χ0n) is 11.3. The van der Waals surface area contributed by atoms with Crippen LogP contribution >= 0.6 is 0 Å². The number of nitrogens with zero attached hydrogens (tertiary/aromatic N) is 1. The van der Waals surface area contributed by atoms with Gasteiger partial charge >= 0.3 is 6.09 Å². The molecule has 0 aromatic rings. The SMILES string of the molecule is CC(C)(C)OC(=O)N1C[C@H]2C[C@@H](N)C[C@@]2(C)C1. The third-order valence-corrected chi connectivity index (χ3v) is 3.95. The summed E-state index contributed by atoms with van der Waals surface area (Å²) < 4.78 is 5.41. The number of likely N-dealkylation sites (tertiary alicyclic amines) is 1. The van der Waals surface area contributed by atoms with Crippen molar-refractivity contribution in [2.75, 3.05) is 13.1 Å². The van der Waals surface area contributed by atoms with Gasteiger partial charge in [-0.3, -0.25) is 0 Å². The molecule has 4 heteroatoms. The molecule has 0 unspecified atom stereocenters. The molecule has 0 bridgehead atoms. The fraction of sp³-hybridized carbons (Fsp3) is 0.923. The van der Waals surface area contributed by atoms with Crippen LogP contribution in [0.15, 0.2) is 0 Å². The Morgan fingerprint density at radius 3 is 2.65 bits per heavy atom. The summed E-state index contributed by atoms with van der Waals surface area (Å²) in [5.74, 6) is 0.546. The van der Waals surface area contributed by atoms with E-state index in [1.807, 2.05) is 25.7 Å². The number of rotatable bonds is 0. The van der Waals surface area contributed by atoms with E-state index >= 15 is 0 Å². The Kier molecular flexibility index (Phi) is 2.89. The van der Waals surface area contributed by atoms with Gasteiger partial charge in [0.05, 0.1) is 0 Å². The largest absolute Gasteiger partial charge is 0.444 e. The normalized spacial score (nSPS) is 37.1. The molecule has 17 heavy (non-hydrogen) atoms. The summed E-state index contributed by atoms with van der Waals surface area (Å²) in [5, 5.41) is 0. The maximum absolute atomic E-state index is 12.0. The highest BCUT2D eigenvalue weighted by atomic mass is 16.6. The highest BCUT2D eigenvalue weighted by Gasteiger charge is 2.50. The second-order valence-corrected chi connectivity index (χ2v) is 6.91. The van der Waals surface area contributed by atoms with Gasteiger partial charge in [0.15, 0.2) is 0 Å². The fourth-order valence-electron chi connectivity index (χ4n) is 3.22. The number of hydrogen-bond acceptors (Lipinski definition) is 3. The number of ether oxygens (including phenoxy) is 1. The van der Waals surface area contributed by atoms with Gasteiger partial charge in [-0.25, -0.2) is 4.79 Å². The number of fused-ring (bicyclic) bond motifs is 1. The number of carbonyl (C=O) groups excluding carboxylic acids is 1. The Bertz CT molecular complexity index is 324. The smallest absolute Gasteiger partial charge is 0.410 e. The van der Waals surface area contributed by atoms with Crippen LogP contribution in [0.5, 0.6) is 0 Å². The molecule has 1 aliphatic heterocycles. The van der Waals surface area contributed by atoms with Crippen LogP contribution in [0.25, 0.3) is 0 Å². The van der Waals surface area contributed by atoms with Crippen molar-refractivity contribution in [3.63, 3.8) is 0 Å². The molecule has 98 valence electrons. The first kappa shape index (κ1) is 12.7. The summed E-state index contributed by atoms with van der Waals surface area (Å²) in [5.41, 5.74) is 5.79. The van der Waals surface area contributed by atoms with Crippen molar-refractivity contribution < 1.29 is 9.53 Å². The summed E-state index contributed by atoms with van der Waals surface area (Å²) in [6.07, 6.45) is 1.88. The number of hydrogen-bond donors (Lipinski definition) is 1. The Hall–Kier alpha value is -0.770. The zero-order chi connectivity index (χ0) is 12.8. The standard InChI is InChI=1S/C13H24N2O2/c1-12(2,3)17-11(16)15-7-9-5-10(14)6-13(9,4)8-15/h9-10H,5-8,14H2,1-4H3/t9-,10-,13+/m1/s1. The van der Waals surface area contributed by atoms with Gasteiger partial charge in [0.25, 0.3) is 0 Å². The molecule has 2 N–H and O–H groups in total. The molecular formula is C13H24N2O2. The maximum Gasteiger partial charge on any atom is 0.410 e. The topological polar surface area (TPSA) is 55.6 Å². The van der Waals surface area contributed by atoms with Gasteiger partial charge < -0.3 is 15.4 Å². The molecule has 1 saturated carbocycles. The Morgan fingerprint density at radius 2 is 2.12 bits per heavy atom. The van der Waals surface area contributed by atoms with E-state index < -0.39 is 5.60 Å². The molecule has 0 spiro atoms. The summed E-state index contributed by atoms with van der Waals surface area (Å²) in [7, 11) is 0. The second-order valence-electron chi connectivity index (χ2n) is 6.91. The van der Waals surface area contributed by atoms with Crippen molar-refractivity contribution in [1.82, 2.24) is 4.90 Å². The van der Waals surface area contributed by atoms with E-state index in [2.05, 4.69) is 6.92 Å².